The van der Waals surface area contributed by atoms with Crippen molar-refractivity contribution < 1.29 is 9.84 Å². The van der Waals surface area contributed by atoms with Crippen LogP contribution in [-0.4, -0.2) is 39.3 Å². The second-order valence-corrected chi connectivity index (χ2v) is 6.95. The number of hydrogen-bond acceptors (Lipinski definition) is 4. The first-order valence-corrected chi connectivity index (χ1v) is 8.58. The number of rotatable bonds is 5. The minimum absolute atomic E-state index is 0.0429. The first kappa shape index (κ1) is 17.3. The Morgan fingerprint density at radius 1 is 1.38 bits per heavy atom. The molecule has 2 aromatic rings. The molecule has 0 spiro atoms. The topological polar surface area (TPSA) is 50.5 Å². The number of aliphatic hydroxyl groups is 1. The fourth-order valence-corrected chi connectivity index (χ4v) is 3.67. The molecule has 0 amide bonds. The molecule has 1 N–H and O–H groups in total. The van der Waals surface area contributed by atoms with E-state index in [4.69, 9.17) is 16.3 Å². The first-order valence-electron chi connectivity index (χ1n) is 8.20. The van der Waals surface area contributed by atoms with Crippen LogP contribution >= 0.6 is 11.6 Å². The van der Waals surface area contributed by atoms with Crippen molar-refractivity contribution in [2.24, 2.45) is 7.05 Å². The Balaban J connectivity index is 1.81. The van der Waals surface area contributed by atoms with Gasteiger partial charge >= 0.3 is 0 Å². The molecule has 2 heterocycles. The summed E-state index contributed by atoms with van der Waals surface area (Å²) in [4.78, 5) is 6.68. The molecule has 1 saturated heterocycles. The lowest BCUT2D eigenvalue weighted by Gasteiger charge is -2.37. The van der Waals surface area contributed by atoms with E-state index in [-0.39, 0.29) is 6.04 Å². The number of likely N-dealkylation sites (tertiary alicyclic amines) is 1. The van der Waals surface area contributed by atoms with Crippen molar-refractivity contribution in [3.63, 3.8) is 0 Å². The molecule has 6 heteroatoms. The molecule has 3 rings (SSSR count). The summed E-state index contributed by atoms with van der Waals surface area (Å²) in [6.07, 6.45) is 3.69. The lowest BCUT2D eigenvalue weighted by atomic mass is 9.86. The van der Waals surface area contributed by atoms with Crippen molar-refractivity contribution in [2.45, 2.75) is 38.0 Å². The largest absolute Gasteiger partial charge is 0.497 e. The van der Waals surface area contributed by atoms with Gasteiger partial charge in [-0.25, -0.2) is 4.98 Å². The lowest BCUT2D eigenvalue weighted by molar-refractivity contribution is -0.0263. The third-order valence-corrected chi connectivity index (χ3v) is 5.41. The molecule has 1 aromatic carbocycles. The van der Waals surface area contributed by atoms with Gasteiger partial charge < -0.3 is 14.4 Å². The van der Waals surface area contributed by atoms with Crippen LogP contribution in [0.5, 0.6) is 5.75 Å². The first-order chi connectivity index (χ1) is 11.4. The number of hydrogen-bond donors (Lipinski definition) is 1. The predicted molar refractivity (Wildman–Crippen MR) is 94.2 cm³/mol. The van der Waals surface area contributed by atoms with Gasteiger partial charge in [0.1, 0.15) is 22.3 Å². The van der Waals surface area contributed by atoms with Crippen LogP contribution in [0.3, 0.4) is 0 Å². The third-order valence-electron chi connectivity index (χ3n) is 5.06. The quantitative estimate of drug-likeness (QED) is 0.901. The van der Waals surface area contributed by atoms with E-state index in [0.717, 1.165) is 36.5 Å². The van der Waals surface area contributed by atoms with Gasteiger partial charge in [0.05, 0.1) is 19.9 Å². The summed E-state index contributed by atoms with van der Waals surface area (Å²) in [6.45, 7) is 3.52. The highest BCUT2D eigenvalue weighted by Gasteiger charge is 2.40. The molecule has 24 heavy (non-hydrogen) atoms. The van der Waals surface area contributed by atoms with Crippen LogP contribution in [0.2, 0.25) is 5.15 Å². The molecule has 0 saturated carbocycles. The van der Waals surface area contributed by atoms with Gasteiger partial charge in [0, 0.05) is 13.1 Å². The second-order valence-electron chi connectivity index (χ2n) is 6.56. The third kappa shape index (κ3) is 3.16. The summed E-state index contributed by atoms with van der Waals surface area (Å²) in [6, 6.07) is 7.70. The van der Waals surface area contributed by atoms with Crippen LogP contribution < -0.4 is 4.74 Å². The molecular weight excluding hydrogens is 326 g/mol. The van der Waals surface area contributed by atoms with Crippen LogP contribution in [0.1, 0.15) is 31.2 Å². The number of imidazole rings is 1. The van der Waals surface area contributed by atoms with Gasteiger partial charge in [-0.2, -0.15) is 0 Å². The van der Waals surface area contributed by atoms with Crippen molar-refractivity contribution in [3.8, 4) is 5.75 Å². The van der Waals surface area contributed by atoms with Crippen molar-refractivity contribution in [3.05, 3.63) is 47.0 Å². The number of methoxy groups -OCH3 is 1. The highest BCUT2D eigenvalue weighted by atomic mass is 35.5. The summed E-state index contributed by atoms with van der Waals surface area (Å²) in [5.74, 6) is 1.71. The number of halogens is 1. The molecule has 0 unspecified atom stereocenters. The fraction of sp³-hybridized carbons (Fsp3) is 0.500. The number of aromatic nitrogens is 2. The molecule has 0 radical (unpaired) electrons. The Bertz CT molecular complexity index is 697. The van der Waals surface area contributed by atoms with Crippen LogP contribution in [0.15, 0.2) is 30.5 Å². The van der Waals surface area contributed by atoms with E-state index in [9.17, 15) is 5.11 Å². The van der Waals surface area contributed by atoms with E-state index in [1.807, 2.05) is 42.8 Å². The second kappa shape index (κ2) is 6.75. The summed E-state index contributed by atoms with van der Waals surface area (Å²) in [5, 5.41) is 11.9. The standard InChI is InChI=1S/C18H24ClN3O2/c1-18(23,13-6-8-14(24-3)9-7-13)15-5-4-10-22(15)12-17-20-11-16(19)21(17)2/h6-9,11,15,23H,4-5,10,12H2,1-3H3/t15-,18+/m0/s1. The van der Waals surface area contributed by atoms with Crippen LogP contribution in [0.4, 0.5) is 0 Å². The highest BCUT2D eigenvalue weighted by Crippen LogP contribution is 2.36. The molecule has 0 aliphatic carbocycles. The van der Waals surface area contributed by atoms with Crippen LogP contribution in [0.25, 0.3) is 0 Å². The number of nitrogens with zero attached hydrogens (tertiary/aromatic N) is 3. The molecule has 1 aliphatic heterocycles. The zero-order valence-corrected chi connectivity index (χ0v) is 15.1. The maximum atomic E-state index is 11.2. The normalized spacial score (nSPS) is 21.0. The monoisotopic (exact) mass is 349 g/mol. The lowest BCUT2D eigenvalue weighted by Crippen LogP contribution is -2.45. The molecule has 5 nitrogen and oxygen atoms in total. The minimum atomic E-state index is -0.933. The average Bonchev–Trinajstić information content (AvgIpc) is 3.17. The SMILES string of the molecule is COc1ccc([C@@](C)(O)[C@@H]2CCCN2Cc2ncc(Cl)n2C)cc1. The maximum absolute atomic E-state index is 11.2. The summed E-state index contributed by atoms with van der Waals surface area (Å²) in [7, 11) is 3.56. The van der Waals surface area contributed by atoms with Crippen molar-refractivity contribution in [1.82, 2.24) is 14.5 Å². The zero-order valence-electron chi connectivity index (χ0n) is 14.4. The molecule has 2 atom stereocenters. The van der Waals surface area contributed by atoms with Crippen LogP contribution in [0, 0.1) is 0 Å². The van der Waals surface area contributed by atoms with Gasteiger partial charge in [-0.1, -0.05) is 23.7 Å². The zero-order chi connectivity index (χ0) is 17.3. The average molecular weight is 350 g/mol. The summed E-state index contributed by atoms with van der Waals surface area (Å²) in [5.41, 5.74) is -0.0318. The number of ether oxygens (including phenoxy) is 1. The summed E-state index contributed by atoms with van der Waals surface area (Å²) >= 11 is 6.09. The Morgan fingerprint density at radius 2 is 2.08 bits per heavy atom. The highest BCUT2D eigenvalue weighted by molar-refractivity contribution is 6.29. The van der Waals surface area contributed by atoms with E-state index < -0.39 is 5.60 Å². The van der Waals surface area contributed by atoms with E-state index in [1.54, 1.807) is 13.3 Å². The van der Waals surface area contributed by atoms with Gasteiger partial charge in [0.2, 0.25) is 0 Å². The maximum Gasteiger partial charge on any atom is 0.128 e. The molecular formula is C18H24ClN3O2. The smallest absolute Gasteiger partial charge is 0.128 e. The van der Waals surface area contributed by atoms with Crippen molar-refractivity contribution >= 4 is 11.6 Å². The van der Waals surface area contributed by atoms with Gasteiger partial charge in [0.15, 0.2) is 0 Å². The molecule has 1 aromatic heterocycles. The predicted octanol–water partition coefficient (Wildman–Crippen LogP) is 2.95. The Labute approximate surface area is 147 Å². The number of benzene rings is 1. The molecule has 1 fully saturated rings. The van der Waals surface area contributed by atoms with Gasteiger partial charge in [0.25, 0.3) is 0 Å². The van der Waals surface area contributed by atoms with Crippen molar-refractivity contribution in [2.75, 3.05) is 13.7 Å². The Kier molecular flexibility index (Phi) is 4.85. The van der Waals surface area contributed by atoms with E-state index in [2.05, 4.69) is 9.88 Å². The van der Waals surface area contributed by atoms with E-state index in [1.165, 1.54) is 0 Å². The Hall–Kier alpha value is -1.56. The van der Waals surface area contributed by atoms with E-state index >= 15 is 0 Å². The van der Waals surface area contributed by atoms with Gasteiger partial charge in [-0.05, 0) is 44.0 Å². The van der Waals surface area contributed by atoms with Gasteiger partial charge in [-0.3, -0.25) is 4.90 Å². The van der Waals surface area contributed by atoms with E-state index in [0.29, 0.717) is 11.7 Å². The summed E-state index contributed by atoms with van der Waals surface area (Å²) < 4.78 is 7.10. The minimum Gasteiger partial charge on any atom is -0.497 e. The Morgan fingerprint density at radius 3 is 2.67 bits per heavy atom. The van der Waals surface area contributed by atoms with Gasteiger partial charge in [-0.15, -0.1) is 0 Å². The van der Waals surface area contributed by atoms with Crippen molar-refractivity contribution in [1.29, 1.82) is 0 Å². The molecule has 130 valence electrons. The molecule has 1 aliphatic rings. The molecule has 0 bridgehead atoms. The fourth-order valence-electron chi connectivity index (χ4n) is 3.53. The van der Waals surface area contributed by atoms with Crippen LogP contribution in [-0.2, 0) is 19.2 Å².